The summed E-state index contributed by atoms with van der Waals surface area (Å²) < 4.78 is 26.0. The molecular weight excluding hydrogens is 348 g/mol. The minimum atomic E-state index is -3.11. The molecule has 1 aromatic rings. The predicted molar refractivity (Wildman–Crippen MR) is 80.2 cm³/mol. The van der Waals surface area contributed by atoms with Crippen LogP contribution in [0.1, 0.15) is 12.8 Å². The van der Waals surface area contributed by atoms with Crippen molar-refractivity contribution >= 4 is 31.6 Å². The van der Waals surface area contributed by atoms with Crippen molar-refractivity contribution in [2.45, 2.75) is 18.9 Å². The number of hydrogen-bond donors (Lipinski definition) is 1. The van der Waals surface area contributed by atoms with Crippen LogP contribution in [0.4, 0.5) is 5.69 Å². The summed E-state index contributed by atoms with van der Waals surface area (Å²) in [5.41, 5.74) is 0.439. The van der Waals surface area contributed by atoms with Gasteiger partial charge in [0.05, 0.1) is 18.1 Å². The van der Waals surface area contributed by atoms with Gasteiger partial charge in [-0.2, -0.15) is 5.10 Å². The largest absolute Gasteiger partial charge is 0.380 e. The molecule has 0 atom stereocenters. The van der Waals surface area contributed by atoms with Crippen molar-refractivity contribution in [3.63, 3.8) is 0 Å². The number of sulfonamides is 1. The molecular formula is C11H17BrN4O3S. The summed E-state index contributed by atoms with van der Waals surface area (Å²) in [5.74, 6) is 0. The first-order valence-corrected chi connectivity index (χ1v) is 8.86. The number of anilines is 1. The van der Waals surface area contributed by atoms with Gasteiger partial charge in [-0.15, -0.1) is 0 Å². The van der Waals surface area contributed by atoms with Crippen molar-refractivity contribution in [2.75, 3.05) is 24.7 Å². The maximum absolute atomic E-state index is 11.7. The Morgan fingerprint density at radius 2 is 2.00 bits per heavy atom. The minimum Gasteiger partial charge on any atom is -0.380 e. The lowest BCUT2D eigenvalue weighted by atomic mass is 10.1. The third-order valence-corrected chi connectivity index (χ3v) is 5.43. The first kappa shape index (κ1) is 15.5. The van der Waals surface area contributed by atoms with E-state index in [0.29, 0.717) is 36.1 Å². The SMILES string of the molecule is Cn1ncc(NC2CCN(S(C)(=O)=O)CC2)c(Br)c1=O. The van der Waals surface area contributed by atoms with Crippen LogP contribution in [0.15, 0.2) is 15.5 Å². The highest BCUT2D eigenvalue weighted by molar-refractivity contribution is 9.10. The maximum Gasteiger partial charge on any atom is 0.282 e. The number of piperidine rings is 1. The highest BCUT2D eigenvalue weighted by Gasteiger charge is 2.25. The first-order chi connectivity index (χ1) is 9.29. The van der Waals surface area contributed by atoms with Crippen LogP contribution >= 0.6 is 15.9 Å². The van der Waals surface area contributed by atoms with E-state index in [2.05, 4.69) is 26.3 Å². The maximum atomic E-state index is 11.7. The second kappa shape index (κ2) is 5.82. The average molecular weight is 365 g/mol. The molecule has 0 unspecified atom stereocenters. The number of nitrogens with zero attached hydrogens (tertiary/aromatic N) is 3. The molecule has 112 valence electrons. The highest BCUT2D eigenvalue weighted by Crippen LogP contribution is 2.21. The molecule has 0 radical (unpaired) electrons. The molecule has 1 aliphatic rings. The zero-order valence-electron chi connectivity index (χ0n) is 11.3. The number of hydrogen-bond acceptors (Lipinski definition) is 5. The lowest BCUT2D eigenvalue weighted by Gasteiger charge is -2.31. The van der Waals surface area contributed by atoms with Gasteiger partial charge >= 0.3 is 0 Å². The second-order valence-corrected chi connectivity index (χ2v) is 7.66. The topological polar surface area (TPSA) is 84.3 Å². The lowest BCUT2D eigenvalue weighted by Crippen LogP contribution is -2.42. The van der Waals surface area contributed by atoms with E-state index in [1.165, 1.54) is 15.2 Å². The molecule has 0 spiro atoms. The second-order valence-electron chi connectivity index (χ2n) is 4.88. The molecule has 7 nitrogen and oxygen atoms in total. The van der Waals surface area contributed by atoms with Crippen molar-refractivity contribution in [3.8, 4) is 0 Å². The standard InChI is InChI=1S/C11H17BrN4O3S/c1-15-11(17)10(12)9(7-13-15)14-8-3-5-16(6-4-8)20(2,18)19/h7-8,14H,3-6H2,1-2H3. The van der Waals surface area contributed by atoms with Gasteiger partial charge in [0.1, 0.15) is 4.47 Å². The summed E-state index contributed by atoms with van der Waals surface area (Å²) in [6, 6.07) is 0.137. The van der Waals surface area contributed by atoms with E-state index < -0.39 is 10.0 Å². The number of rotatable bonds is 3. The molecule has 0 saturated carbocycles. The first-order valence-electron chi connectivity index (χ1n) is 6.22. The molecule has 2 heterocycles. The van der Waals surface area contributed by atoms with Gasteiger partial charge in [-0.05, 0) is 28.8 Å². The van der Waals surface area contributed by atoms with E-state index >= 15 is 0 Å². The van der Waals surface area contributed by atoms with Crippen molar-refractivity contribution in [3.05, 3.63) is 21.0 Å². The van der Waals surface area contributed by atoms with Gasteiger partial charge in [-0.1, -0.05) is 0 Å². The molecule has 9 heteroatoms. The quantitative estimate of drug-likeness (QED) is 0.837. The van der Waals surface area contributed by atoms with Crippen molar-refractivity contribution in [1.29, 1.82) is 0 Å². The zero-order chi connectivity index (χ0) is 14.9. The summed E-state index contributed by atoms with van der Waals surface area (Å²) in [6.45, 7) is 0.985. The Labute approximate surface area is 126 Å². The van der Waals surface area contributed by atoms with Crippen LogP contribution in [-0.4, -0.2) is 47.9 Å². The Morgan fingerprint density at radius 3 is 2.55 bits per heavy atom. The molecule has 0 amide bonds. The summed E-state index contributed by atoms with van der Waals surface area (Å²) in [7, 11) is -1.53. The van der Waals surface area contributed by atoms with E-state index in [1.807, 2.05) is 0 Å². The van der Waals surface area contributed by atoms with Gasteiger partial charge in [-0.3, -0.25) is 4.79 Å². The number of nitrogens with one attached hydrogen (secondary N) is 1. The van der Waals surface area contributed by atoms with Crippen LogP contribution in [0.5, 0.6) is 0 Å². The van der Waals surface area contributed by atoms with Crippen molar-refractivity contribution < 1.29 is 8.42 Å². The predicted octanol–water partition coefficient (Wildman–Crippen LogP) is 0.379. The Morgan fingerprint density at radius 1 is 1.40 bits per heavy atom. The van der Waals surface area contributed by atoms with E-state index in [1.54, 1.807) is 13.2 Å². The van der Waals surface area contributed by atoms with Crippen LogP contribution in [-0.2, 0) is 17.1 Å². The average Bonchev–Trinajstić information content (AvgIpc) is 2.39. The molecule has 1 N–H and O–H groups in total. The Bertz CT molecular complexity index is 650. The van der Waals surface area contributed by atoms with Crippen molar-refractivity contribution in [2.24, 2.45) is 7.05 Å². The van der Waals surface area contributed by atoms with Gasteiger partial charge in [0, 0.05) is 26.2 Å². The summed E-state index contributed by atoms with van der Waals surface area (Å²) >= 11 is 3.26. The zero-order valence-corrected chi connectivity index (χ0v) is 13.7. The molecule has 0 bridgehead atoms. The smallest absolute Gasteiger partial charge is 0.282 e. The number of aryl methyl sites for hydroxylation is 1. The summed E-state index contributed by atoms with van der Waals surface area (Å²) in [6.07, 6.45) is 4.22. The van der Waals surface area contributed by atoms with Crippen LogP contribution in [0, 0.1) is 0 Å². The third kappa shape index (κ3) is 3.39. The molecule has 1 aromatic heterocycles. The van der Waals surface area contributed by atoms with Crippen LogP contribution < -0.4 is 10.9 Å². The normalized spacial score (nSPS) is 18.1. The van der Waals surface area contributed by atoms with Gasteiger partial charge < -0.3 is 5.32 Å². The van der Waals surface area contributed by atoms with Crippen molar-refractivity contribution in [1.82, 2.24) is 14.1 Å². The van der Waals surface area contributed by atoms with Gasteiger partial charge in [0.15, 0.2) is 0 Å². The summed E-state index contributed by atoms with van der Waals surface area (Å²) in [5, 5.41) is 7.21. The fourth-order valence-corrected chi connectivity index (χ4v) is 3.51. The molecule has 0 aromatic carbocycles. The third-order valence-electron chi connectivity index (χ3n) is 3.36. The van der Waals surface area contributed by atoms with Crippen LogP contribution in [0.3, 0.4) is 0 Å². The molecule has 1 saturated heterocycles. The van der Waals surface area contributed by atoms with E-state index in [4.69, 9.17) is 0 Å². The van der Waals surface area contributed by atoms with Gasteiger partial charge in [-0.25, -0.2) is 17.4 Å². The number of aromatic nitrogens is 2. The Balaban J connectivity index is 2.04. The van der Waals surface area contributed by atoms with E-state index in [-0.39, 0.29) is 11.6 Å². The van der Waals surface area contributed by atoms with E-state index in [9.17, 15) is 13.2 Å². The fourth-order valence-electron chi connectivity index (χ4n) is 2.16. The van der Waals surface area contributed by atoms with Gasteiger partial charge in [0.2, 0.25) is 10.0 Å². The molecule has 1 aliphatic heterocycles. The van der Waals surface area contributed by atoms with E-state index in [0.717, 1.165) is 0 Å². The molecule has 0 aliphatic carbocycles. The minimum absolute atomic E-state index is 0.137. The van der Waals surface area contributed by atoms with Crippen LogP contribution in [0.25, 0.3) is 0 Å². The molecule has 2 rings (SSSR count). The van der Waals surface area contributed by atoms with Crippen LogP contribution in [0.2, 0.25) is 0 Å². The molecule has 20 heavy (non-hydrogen) atoms. The summed E-state index contributed by atoms with van der Waals surface area (Å²) in [4.78, 5) is 11.7. The highest BCUT2D eigenvalue weighted by atomic mass is 79.9. The molecule has 1 fully saturated rings. The lowest BCUT2D eigenvalue weighted by molar-refractivity contribution is 0.331. The van der Waals surface area contributed by atoms with Gasteiger partial charge in [0.25, 0.3) is 5.56 Å². The fraction of sp³-hybridized carbons (Fsp3) is 0.636. The Hall–Kier alpha value is -0.930. The Kier molecular flexibility index (Phi) is 4.50. The monoisotopic (exact) mass is 364 g/mol. The number of halogens is 1.